The van der Waals surface area contributed by atoms with Crippen LogP contribution < -0.4 is 5.32 Å². The Kier molecular flexibility index (Phi) is 5.70. The lowest BCUT2D eigenvalue weighted by molar-refractivity contribution is -0.380. The van der Waals surface area contributed by atoms with Gasteiger partial charge in [0.25, 0.3) is 5.91 Å². The maximum atomic E-state index is 12.9. The smallest absolute Gasteiger partial charge is 0.305 e. The lowest BCUT2D eigenvalue weighted by Crippen LogP contribution is -2.12. The number of fused-ring (bicyclic) bond motifs is 1. The predicted octanol–water partition coefficient (Wildman–Crippen LogP) is 6.01. The maximum Gasteiger partial charge on any atom is 0.324 e. The number of halogens is 2. The Morgan fingerprint density at radius 1 is 0.971 bits per heavy atom. The van der Waals surface area contributed by atoms with E-state index in [0.29, 0.717) is 38.2 Å². The second-order valence-electron chi connectivity index (χ2n) is 7.02. The highest BCUT2D eigenvalue weighted by Crippen LogP contribution is 2.29. The van der Waals surface area contributed by atoms with E-state index in [2.05, 4.69) is 20.4 Å². The zero-order valence-electron chi connectivity index (χ0n) is 17.0. The van der Waals surface area contributed by atoms with Crippen LogP contribution in [0.1, 0.15) is 9.67 Å². The maximum absolute atomic E-state index is 12.9. The fraction of sp³-hybridized carbons (Fsp3) is 0. The molecule has 0 aliphatic carbocycles. The molecule has 1 amide bonds. The Bertz CT molecular complexity index is 1550. The fourth-order valence-corrected chi connectivity index (χ4v) is 4.19. The Morgan fingerprint density at radius 3 is 2.29 bits per heavy atom. The van der Waals surface area contributed by atoms with Crippen molar-refractivity contribution in [1.29, 1.82) is 0 Å². The molecule has 2 aromatic carbocycles. The first kappa shape index (κ1) is 22.0. The number of carbonyl (C=O) groups is 1. The Balaban J connectivity index is 1.63. The highest BCUT2D eigenvalue weighted by atomic mass is 35.5. The van der Waals surface area contributed by atoms with Crippen LogP contribution in [0.25, 0.3) is 28.1 Å². The first-order valence-electron chi connectivity index (χ1n) is 9.72. The van der Waals surface area contributed by atoms with E-state index in [4.69, 9.17) is 23.2 Å². The molecule has 12 heteroatoms. The van der Waals surface area contributed by atoms with Crippen molar-refractivity contribution in [2.75, 3.05) is 5.32 Å². The van der Waals surface area contributed by atoms with E-state index in [1.807, 2.05) is 0 Å². The molecule has 0 saturated carbocycles. The number of hydrogen-bond donors (Lipinski definition) is 1. The van der Waals surface area contributed by atoms with Crippen LogP contribution in [-0.2, 0) is 0 Å². The number of benzene rings is 2. The summed E-state index contributed by atoms with van der Waals surface area (Å²) in [6, 6.07) is 16.7. The minimum atomic E-state index is -0.543. The third-order valence-electron chi connectivity index (χ3n) is 4.83. The van der Waals surface area contributed by atoms with E-state index in [9.17, 15) is 14.9 Å². The molecule has 0 aliphatic rings. The monoisotopic (exact) mass is 510 g/mol. The summed E-state index contributed by atoms with van der Waals surface area (Å²) in [6.07, 6.45) is 1.54. The lowest BCUT2D eigenvalue weighted by Gasteiger charge is -2.09. The Hall–Kier alpha value is -3.86. The summed E-state index contributed by atoms with van der Waals surface area (Å²) >= 11 is 12.8. The number of rotatable bonds is 5. The van der Waals surface area contributed by atoms with Crippen molar-refractivity contribution >= 4 is 62.3 Å². The molecule has 5 rings (SSSR count). The van der Waals surface area contributed by atoms with Crippen LogP contribution in [-0.4, -0.2) is 30.6 Å². The highest BCUT2D eigenvalue weighted by molar-refractivity contribution is 7.17. The zero-order valence-corrected chi connectivity index (χ0v) is 19.3. The van der Waals surface area contributed by atoms with Crippen molar-refractivity contribution < 1.29 is 9.72 Å². The number of anilines is 1. The molecule has 1 N–H and O–H groups in total. The average molecular weight is 511 g/mol. The predicted molar refractivity (Wildman–Crippen MR) is 131 cm³/mol. The molecule has 0 fully saturated rings. The lowest BCUT2D eigenvalue weighted by atomic mass is 10.2. The third-order valence-corrected chi connectivity index (χ3v) is 6.37. The van der Waals surface area contributed by atoms with Crippen molar-refractivity contribution in [1.82, 2.24) is 19.7 Å². The van der Waals surface area contributed by atoms with Gasteiger partial charge in [-0.1, -0.05) is 34.5 Å². The van der Waals surface area contributed by atoms with Gasteiger partial charge in [-0.2, -0.15) is 5.10 Å². The summed E-state index contributed by atoms with van der Waals surface area (Å²) in [4.78, 5) is 32.7. The topological polar surface area (TPSA) is 116 Å². The van der Waals surface area contributed by atoms with Crippen molar-refractivity contribution in [3.63, 3.8) is 0 Å². The minimum absolute atomic E-state index is 0.129. The van der Waals surface area contributed by atoms with E-state index in [-0.39, 0.29) is 15.7 Å². The van der Waals surface area contributed by atoms with Gasteiger partial charge in [0.2, 0.25) is 0 Å². The van der Waals surface area contributed by atoms with Crippen LogP contribution in [0.4, 0.5) is 10.8 Å². The molecular formula is C22H12Cl2N6O3S. The second kappa shape index (κ2) is 8.82. The van der Waals surface area contributed by atoms with Crippen molar-refractivity contribution in [2.45, 2.75) is 0 Å². The van der Waals surface area contributed by atoms with E-state index < -0.39 is 10.8 Å². The minimum Gasteiger partial charge on any atom is -0.305 e. The molecule has 0 aliphatic heterocycles. The molecule has 3 aromatic heterocycles. The largest absolute Gasteiger partial charge is 0.324 e. The number of hydrogen-bond acceptors (Lipinski definition) is 7. The molecule has 0 atom stereocenters. The summed E-state index contributed by atoms with van der Waals surface area (Å²) in [7, 11) is 0. The van der Waals surface area contributed by atoms with Gasteiger partial charge in [-0.05, 0) is 54.6 Å². The molecule has 0 saturated heterocycles. The molecule has 0 bridgehead atoms. The number of aromatic nitrogens is 4. The van der Waals surface area contributed by atoms with Gasteiger partial charge in [0.1, 0.15) is 5.82 Å². The first-order chi connectivity index (χ1) is 16.4. The number of thiophene rings is 1. The van der Waals surface area contributed by atoms with Gasteiger partial charge in [0.15, 0.2) is 11.5 Å². The van der Waals surface area contributed by atoms with E-state index >= 15 is 0 Å². The standard InChI is InChI=1S/C22H12Cl2N6O3S/c23-13-3-1-12(2-4-13)19-26-20(28-22(31)17-9-10-18(34-17)30(32)33)16-11-25-29(21(16)27-19)15-7-5-14(24)6-8-15/h1-11H,(H,26,27,28,31). The molecule has 0 spiro atoms. The summed E-state index contributed by atoms with van der Waals surface area (Å²) < 4.78 is 1.61. The fourth-order valence-electron chi connectivity index (χ4n) is 3.22. The van der Waals surface area contributed by atoms with E-state index in [0.717, 1.165) is 11.3 Å². The summed E-state index contributed by atoms with van der Waals surface area (Å²) in [5.41, 5.74) is 1.85. The van der Waals surface area contributed by atoms with Crippen LogP contribution >= 0.6 is 34.5 Å². The molecule has 9 nitrogen and oxygen atoms in total. The molecule has 5 aromatic rings. The van der Waals surface area contributed by atoms with Crippen LogP contribution in [0.2, 0.25) is 10.0 Å². The van der Waals surface area contributed by atoms with Crippen LogP contribution in [0.5, 0.6) is 0 Å². The van der Waals surface area contributed by atoms with Gasteiger partial charge in [-0.15, -0.1) is 0 Å². The first-order valence-corrected chi connectivity index (χ1v) is 11.3. The van der Waals surface area contributed by atoms with Crippen LogP contribution in [0.15, 0.2) is 66.9 Å². The van der Waals surface area contributed by atoms with Crippen LogP contribution in [0.3, 0.4) is 0 Å². The molecule has 168 valence electrons. The van der Waals surface area contributed by atoms with Gasteiger partial charge in [-0.3, -0.25) is 14.9 Å². The van der Waals surface area contributed by atoms with Crippen molar-refractivity contribution in [2.24, 2.45) is 0 Å². The van der Waals surface area contributed by atoms with E-state index in [1.54, 1.807) is 59.4 Å². The van der Waals surface area contributed by atoms with E-state index in [1.165, 1.54) is 12.1 Å². The van der Waals surface area contributed by atoms with Crippen molar-refractivity contribution in [3.8, 4) is 17.1 Å². The Morgan fingerprint density at radius 2 is 1.65 bits per heavy atom. The number of nitro groups is 1. The molecule has 3 heterocycles. The number of nitrogens with zero attached hydrogens (tertiary/aromatic N) is 5. The average Bonchev–Trinajstić information content (AvgIpc) is 3.48. The third kappa shape index (κ3) is 4.21. The summed E-state index contributed by atoms with van der Waals surface area (Å²) in [5.74, 6) is 0.0305. The van der Waals surface area contributed by atoms with Gasteiger partial charge >= 0.3 is 5.00 Å². The molecular weight excluding hydrogens is 499 g/mol. The zero-order chi connectivity index (χ0) is 23.8. The summed E-state index contributed by atoms with van der Waals surface area (Å²) in [6.45, 7) is 0. The normalized spacial score (nSPS) is 11.0. The Labute approximate surface area is 205 Å². The van der Waals surface area contributed by atoms with Gasteiger partial charge < -0.3 is 5.32 Å². The van der Waals surface area contributed by atoms with Crippen LogP contribution in [0, 0.1) is 10.1 Å². The molecule has 0 radical (unpaired) electrons. The molecule has 34 heavy (non-hydrogen) atoms. The van der Waals surface area contributed by atoms with Gasteiger partial charge in [0.05, 0.1) is 27.1 Å². The number of amides is 1. The number of carbonyl (C=O) groups excluding carboxylic acids is 1. The quantitative estimate of drug-likeness (QED) is 0.228. The van der Waals surface area contributed by atoms with Gasteiger partial charge in [0, 0.05) is 21.7 Å². The van der Waals surface area contributed by atoms with Gasteiger partial charge in [-0.25, -0.2) is 14.6 Å². The second-order valence-corrected chi connectivity index (χ2v) is 8.96. The molecule has 0 unspecified atom stereocenters. The highest BCUT2D eigenvalue weighted by Gasteiger charge is 2.20. The number of nitrogens with one attached hydrogen (secondary N) is 1. The SMILES string of the molecule is O=C(Nc1nc(-c2ccc(Cl)cc2)nc2c1cnn2-c1ccc(Cl)cc1)c1ccc([N+](=O)[O-])s1. The summed E-state index contributed by atoms with van der Waals surface area (Å²) in [5, 5.41) is 19.7. The van der Waals surface area contributed by atoms with Crippen molar-refractivity contribution in [3.05, 3.63) is 91.9 Å².